The number of hydrogen-bond donors (Lipinski definition) is 0. The van der Waals surface area contributed by atoms with Crippen molar-refractivity contribution in [3.05, 3.63) is 59.9 Å². The molecule has 2 rings (SSSR count). The minimum atomic E-state index is -3.84. The fourth-order valence-electron chi connectivity index (χ4n) is 2.00. The SMILES string of the molecule is CCOC(=O)C(F)(F)c1ccccc1-c1ccccc1F. The van der Waals surface area contributed by atoms with E-state index in [1.54, 1.807) is 0 Å². The van der Waals surface area contributed by atoms with Crippen molar-refractivity contribution in [3.8, 4) is 11.1 Å². The lowest BCUT2D eigenvalue weighted by Gasteiger charge is -2.18. The molecule has 0 unspecified atom stereocenters. The number of carbonyl (C=O) groups excluding carboxylic acids is 1. The zero-order valence-electron chi connectivity index (χ0n) is 11.3. The predicted octanol–water partition coefficient (Wildman–Crippen LogP) is 4.15. The number of alkyl halides is 2. The summed E-state index contributed by atoms with van der Waals surface area (Å²) in [6, 6.07) is 10.9. The fourth-order valence-corrected chi connectivity index (χ4v) is 2.00. The molecule has 0 heterocycles. The van der Waals surface area contributed by atoms with E-state index in [-0.39, 0.29) is 17.7 Å². The van der Waals surface area contributed by atoms with Crippen LogP contribution in [0.4, 0.5) is 13.2 Å². The van der Waals surface area contributed by atoms with Crippen molar-refractivity contribution >= 4 is 5.97 Å². The average molecular weight is 294 g/mol. The molecule has 0 saturated carbocycles. The Labute approximate surface area is 120 Å². The first-order valence-corrected chi connectivity index (χ1v) is 6.38. The number of benzene rings is 2. The lowest BCUT2D eigenvalue weighted by atomic mass is 9.95. The summed E-state index contributed by atoms with van der Waals surface area (Å²) in [5.41, 5.74) is -0.598. The number of carbonyl (C=O) groups is 1. The summed E-state index contributed by atoms with van der Waals surface area (Å²) in [6.07, 6.45) is 0. The van der Waals surface area contributed by atoms with Crippen molar-refractivity contribution in [2.45, 2.75) is 12.8 Å². The molecule has 0 fully saturated rings. The van der Waals surface area contributed by atoms with Gasteiger partial charge in [0.1, 0.15) is 5.82 Å². The van der Waals surface area contributed by atoms with Crippen molar-refractivity contribution in [3.63, 3.8) is 0 Å². The van der Waals surface area contributed by atoms with Crippen LogP contribution in [0.1, 0.15) is 12.5 Å². The highest BCUT2D eigenvalue weighted by molar-refractivity contribution is 5.83. The number of hydrogen-bond acceptors (Lipinski definition) is 2. The van der Waals surface area contributed by atoms with E-state index in [0.29, 0.717) is 0 Å². The van der Waals surface area contributed by atoms with Crippen LogP contribution < -0.4 is 0 Å². The minimum Gasteiger partial charge on any atom is -0.461 e. The molecule has 0 aromatic heterocycles. The summed E-state index contributed by atoms with van der Waals surface area (Å²) in [5.74, 6) is -6.12. The van der Waals surface area contributed by atoms with Crippen molar-refractivity contribution in [2.24, 2.45) is 0 Å². The largest absolute Gasteiger partial charge is 0.461 e. The summed E-state index contributed by atoms with van der Waals surface area (Å²) in [6.45, 7) is 1.28. The molecule has 2 aromatic rings. The molecule has 0 N–H and O–H groups in total. The zero-order valence-corrected chi connectivity index (χ0v) is 11.3. The van der Waals surface area contributed by atoms with Crippen LogP contribution in [0.3, 0.4) is 0 Å². The molecule has 0 amide bonds. The van der Waals surface area contributed by atoms with E-state index in [1.807, 2.05) is 0 Å². The van der Waals surface area contributed by atoms with E-state index < -0.39 is 23.3 Å². The van der Waals surface area contributed by atoms with Gasteiger partial charge in [0, 0.05) is 11.1 Å². The number of esters is 1. The Morgan fingerprint density at radius 2 is 1.62 bits per heavy atom. The van der Waals surface area contributed by atoms with Crippen LogP contribution in [-0.2, 0) is 15.5 Å². The Balaban J connectivity index is 2.57. The van der Waals surface area contributed by atoms with Gasteiger partial charge in [0.25, 0.3) is 0 Å². The van der Waals surface area contributed by atoms with Gasteiger partial charge in [-0.3, -0.25) is 0 Å². The summed E-state index contributed by atoms with van der Waals surface area (Å²) in [5, 5.41) is 0. The molecule has 110 valence electrons. The van der Waals surface area contributed by atoms with Gasteiger partial charge in [-0.1, -0.05) is 42.5 Å². The zero-order chi connectivity index (χ0) is 15.5. The number of halogens is 3. The maximum Gasteiger partial charge on any atom is 0.382 e. The Kier molecular flexibility index (Phi) is 4.31. The molecular formula is C16H13F3O2. The van der Waals surface area contributed by atoms with Crippen LogP contribution >= 0.6 is 0 Å². The van der Waals surface area contributed by atoms with Crippen LogP contribution in [-0.4, -0.2) is 12.6 Å². The Morgan fingerprint density at radius 1 is 1.05 bits per heavy atom. The first-order chi connectivity index (χ1) is 9.98. The lowest BCUT2D eigenvalue weighted by Crippen LogP contribution is -2.29. The van der Waals surface area contributed by atoms with Crippen molar-refractivity contribution in [1.82, 2.24) is 0 Å². The summed E-state index contributed by atoms with van der Waals surface area (Å²) in [4.78, 5) is 11.5. The van der Waals surface area contributed by atoms with Gasteiger partial charge in [0.05, 0.1) is 6.61 Å². The van der Waals surface area contributed by atoms with Crippen molar-refractivity contribution in [1.29, 1.82) is 0 Å². The highest BCUT2D eigenvalue weighted by atomic mass is 19.3. The second-order valence-electron chi connectivity index (χ2n) is 4.32. The van der Waals surface area contributed by atoms with Gasteiger partial charge in [-0.25, -0.2) is 9.18 Å². The molecule has 0 spiro atoms. The molecule has 5 heteroatoms. The monoisotopic (exact) mass is 294 g/mol. The summed E-state index contributed by atoms with van der Waals surface area (Å²) < 4.78 is 46.7. The van der Waals surface area contributed by atoms with Crippen molar-refractivity contribution < 1.29 is 22.7 Å². The predicted molar refractivity (Wildman–Crippen MR) is 72.4 cm³/mol. The second-order valence-corrected chi connectivity index (χ2v) is 4.32. The van der Waals surface area contributed by atoms with Gasteiger partial charge in [-0.15, -0.1) is 0 Å². The van der Waals surface area contributed by atoms with Crippen LogP contribution in [0.2, 0.25) is 0 Å². The van der Waals surface area contributed by atoms with Gasteiger partial charge in [-0.05, 0) is 18.6 Å². The molecule has 0 bridgehead atoms. The topological polar surface area (TPSA) is 26.3 Å². The Hall–Kier alpha value is -2.30. The van der Waals surface area contributed by atoms with Crippen LogP contribution in [0.15, 0.2) is 48.5 Å². The number of ether oxygens (including phenoxy) is 1. The summed E-state index contributed by atoms with van der Waals surface area (Å²) >= 11 is 0. The third-order valence-corrected chi connectivity index (χ3v) is 2.96. The molecule has 21 heavy (non-hydrogen) atoms. The number of rotatable bonds is 4. The van der Waals surface area contributed by atoms with E-state index in [2.05, 4.69) is 4.74 Å². The molecule has 0 aliphatic rings. The van der Waals surface area contributed by atoms with E-state index in [1.165, 1.54) is 49.4 Å². The standard InChI is InChI=1S/C16H13F3O2/c1-2-21-15(20)16(18,19)13-9-5-3-7-11(13)12-8-4-6-10-14(12)17/h3-10H,2H2,1H3. The van der Waals surface area contributed by atoms with E-state index >= 15 is 0 Å². The second kappa shape index (κ2) is 5.99. The van der Waals surface area contributed by atoms with Crippen molar-refractivity contribution in [2.75, 3.05) is 6.61 Å². The third kappa shape index (κ3) is 2.91. The molecular weight excluding hydrogens is 281 g/mol. The van der Waals surface area contributed by atoms with E-state index in [4.69, 9.17) is 0 Å². The third-order valence-electron chi connectivity index (χ3n) is 2.96. The smallest absolute Gasteiger partial charge is 0.382 e. The molecule has 2 nitrogen and oxygen atoms in total. The highest BCUT2D eigenvalue weighted by Gasteiger charge is 2.44. The molecule has 2 aromatic carbocycles. The maximum absolute atomic E-state index is 14.2. The molecule has 0 aliphatic heterocycles. The van der Waals surface area contributed by atoms with Crippen LogP contribution in [0, 0.1) is 5.82 Å². The Morgan fingerprint density at radius 3 is 2.24 bits per heavy atom. The molecule has 0 radical (unpaired) electrons. The molecule has 0 saturated heterocycles. The quantitative estimate of drug-likeness (QED) is 0.792. The van der Waals surface area contributed by atoms with Gasteiger partial charge in [0.15, 0.2) is 0 Å². The first kappa shape index (κ1) is 15.1. The Bertz CT molecular complexity index is 653. The molecule has 0 atom stereocenters. The van der Waals surface area contributed by atoms with E-state index in [0.717, 1.165) is 6.07 Å². The molecule has 0 aliphatic carbocycles. The maximum atomic E-state index is 14.2. The average Bonchev–Trinajstić information content (AvgIpc) is 2.48. The van der Waals surface area contributed by atoms with Gasteiger partial charge in [0.2, 0.25) is 0 Å². The van der Waals surface area contributed by atoms with Gasteiger partial charge < -0.3 is 4.74 Å². The lowest BCUT2D eigenvalue weighted by molar-refractivity contribution is -0.173. The van der Waals surface area contributed by atoms with E-state index in [9.17, 15) is 18.0 Å². The van der Waals surface area contributed by atoms with Crippen LogP contribution in [0.5, 0.6) is 0 Å². The normalized spacial score (nSPS) is 11.2. The van der Waals surface area contributed by atoms with Crippen LogP contribution in [0.25, 0.3) is 11.1 Å². The van der Waals surface area contributed by atoms with Gasteiger partial charge in [-0.2, -0.15) is 8.78 Å². The minimum absolute atomic E-state index is 0.0112. The highest BCUT2D eigenvalue weighted by Crippen LogP contribution is 2.37. The fraction of sp³-hybridized carbons (Fsp3) is 0.188. The van der Waals surface area contributed by atoms with Gasteiger partial charge >= 0.3 is 11.9 Å². The summed E-state index contributed by atoms with van der Waals surface area (Å²) in [7, 11) is 0. The first-order valence-electron chi connectivity index (χ1n) is 6.38.